The number of piperazine rings is 1. The zero-order chi connectivity index (χ0) is 17.2. The van der Waals surface area contributed by atoms with Gasteiger partial charge in [-0.1, -0.05) is 18.2 Å². The predicted octanol–water partition coefficient (Wildman–Crippen LogP) is 2.68. The highest BCUT2D eigenvalue weighted by Crippen LogP contribution is 2.24. The Hall–Kier alpha value is -2.79. The van der Waals surface area contributed by atoms with Crippen LogP contribution in [0.25, 0.3) is 22.0 Å². The smallest absolute Gasteiger partial charge is 0.253 e. The van der Waals surface area contributed by atoms with E-state index >= 15 is 0 Å². The molecule has 3 aromatic rings. The number of amides is 1. The zero-order valence-corrected chi connectivity index (χ0v) is 14.2. The third-order valence-electron chi connectivity index (χ3n) is 4.74. The number of nitrogens with zero attached hydrogens (tertiary/aromatic N) is 4. The van der Waals surface area contributed by atoms with Crippen molar-refractivity contribution in [2.45, 2.75) is 0 Å². The van der Waals surface area contributed by atoms with Crippen molar-refractivity contribution in [1.82, 2.24) is 19.8 Å². The minimum Gasteiger partial charge on any atom is -0.336 e. The molecule has 2 aromatic carbocycles. The second-order valence-electron chi connectivity index (χ2n) is 6.47. The molecule has 25 heavy (non-hydrogen) atoms. The van der Waals surface area contributed by atoms with Gasteiger partial charge in [-0.15, -0.1) is 0 Å². The Labute approximate surface area is 146 Å². The summed E-state index contributed by atoms with van der Waals surface area (Å²) in [5.41, 5.74) is 3.76. The Morgan fingerprint density at radius 3 is 2.64 bits per heavy atom. The molecule has 1 fully saturated rings. The summed E-state index contributed by atoms with van der Waals surface area (Å²) in [5.74, 6) is 0.110. The average molecular weight is 332 g/mol. The van der Waals surface area contributed by atoms with Crippen molar-refractivity contribution < 1.29 is 4.79 Å². The van der Waals surface area contributed by atoms with Crippen LogP contribution in [0.5, 0.6) is 0 Å². The lowest BCUT2D eigenvalue weighted by molar-refractivity contribution is 0.0664. The van der Waals surface area contributed by atoms with Gasteiger partial charge in [-0.3, -0.25) is 4.79 Å². The molecule has 4 rings (SSSR count). The topological polar surface area (TPSA) is 49.3 Å². The third-order valence-corrected chi connectivity index (χ3v) is 4.74. The van der Waals surface area contributed by atoms with Crippen LogP contribution in [0.2, 0.25) is 0 Å². The summed E-state index contributed by atoms with van der Waals surface area (Å²) in [4.78, 5) is 25.3. The number of rotatable bonds is 2. The number of likely N-dealkylation sites (N-methyl/N-ethyl adjacent to an activating group) is 1. The standard InChI is InChI=1S/C20H20N4O/c1-23-7-9-24(10-8-23)20(25)17-4-2-3-15(11-17)16-5-6-19-18(12-16)13-21-14-22-19/h2-6,11-14H,7-10H2,1H3. The first-order chi connectivity index (χ1) is 12.2. The van der Waals surface area contributed by atoms with Crippen molar-refractivity contribution in [3.8, 4) is 11.1 Å². The van der Waals surface area contributed by atoms with Gasteiger partial charge in [-0.2, -0.15) is 0 Å². The Kier molecular flexibility index (Phi) is 4.15. The SMILES string of the molecule is CN1CCN(C(=O)c2cccc(-c3ccc4ncncc4c3)c2)CC1. The van der Waals surface area contributed by atoms with E-state index < -0.39 is 0 Å². The van der Waals surface area contributed by atoms with E-state index in [1.165, 1.54) is 0 Å². The van der Waals surface area contributed by atoms with E-state index in [0.29, 0.717) is 0 Å². The first-order valence-electron chi connectivity index (χ1n) is 8.49. The molecule has 1 aliphatic heterocycles. The number of hydrogen-bond acceptors (Lipinski definition) is 4. The molecule has 0 spiro atoms. The maximum Gasteiger partial charge on any atom is 0.253 e. The fraction of sp³-hybridized carbons (Fsp3) is 0.250. The van der Waals surface area contributed by atoms with Crippen molar-refractivity contribution in [3.05, 3.63) is 60.6 Å². The van der Waals surface area contributed by atoms with Gasteiger partial charge >= 0.3 is 0 Å². The quantitative estimate of drug-likeness (QED) is 0.724. The van der Waals surface area contributed by atoms with Gasteiger partial charge in [-0.25, -0.2) is 9.97 Å². The van der Waals surface area contributed by atoms with Crippen molar-refractivity contribution in [2.75, 3.05) is 33.2 Å². The van der Waals surface area contributed by atoms with Gasteiger partial charge in [0.1, 0.15) is 6.33 Å². The second-order valence-corrected chi connectivity index (χ2v) is 6.47. The van der Waals surface area contributed by atoms with Crippen LogP contribution in [-0.2, 0) is 0 Å². The summed E-state index contributed by atoms with van der Waals surface area (Å²) >= 11 is 0. The highest BCUT2D eigenvalue weighted by atomic mass is 16.2. The van der Waals surface area contributed by atoms with Crippen LogP contribution in [0.3, 0.4) is 0 Å². The highest BCUT2D eigenvalue weighted by Gasteiger charge is 2.20. The van der Waals surface area contributed by atoms with E-state index in [1.54, 1.807) is 6.33 Å². The summed E-state index contributed by atoms with van der Waals surface area (Å²) in [6.45, 7) is 3.42. The first kappa shape index (κ1) is 15.7. The number of hydrogen-bond donors (Lipinski definition) is 0. The van der Waals surface area contributed by atoms with Crippen LogP contribution in [0.1, 0.15) is 10.4 Å². The van der Waals surface area contributed by atoms with Gasteiger partial charge in [-0.05, 0) is 42.4 Å². The van der Waals surface area contributed by atoms with Gasteiger partial charge in [0.25, 0.3) is 5.91 Å². The lowest BCUT2D eigenvalue weighted by atomic mass is 10.0. The van der Waals surface area contributed by atoms with Crippen molar-refractivity contribution in [3.63, 3.8) is 0 Å². The number of benzene rings is 2. The summed E-state index contributed by atoms with van der Waals surface area (Å²) in [7, 11) is 2.09. The summed E-state index contributed by atoms with van der Waals surface area (Å²) in [5, 5.41) is 0.996. The molecule has 1 amide bonds. The van der Waals surface area contributed by atoms with E-state index in [0.717, 1.165) is 53.8 Å². The average Bonchev–Trinajstić information content (AvgIpc) is 2.68. The lowest BCUT2D eigenvalue weighted by Gasteiger charge is -2.32. The Morgan fingerprint density at radius 2 is 1.80 bits per heavy atom. The minimum atomic E-state index is 0.110. The Bertz CT molecular complexity index is 916. The fourth-order valence-corrected chi connectivity index (χ4v) is 3.19. The minimum absolute atomic E-state index is 0.110. The number of fused-ring (bicyclic) bond motifs is 1. The van der Waals surface area contributed by atoms with Crippen LogP contribution in [0.4, 0.5) is 0 Å². The monoisotopic (exact) mass is 332 g/mol. The molecule has 0 N–H and O–H groups in total. The van der Waals surface area contributed by atoms with Crippen molar-refractivity contribution in [2.24, 2.45) is 0 Å². The van der Waals surface area contributed by atoms with E-state index in [4.69, 9.17) is 0 Å². The molecule has 5 nitrogen and oxygen atoms in total. The predicted molar refractivity (Wildman–Crippen MR) is 98.4 cm³/mol. The van der Waals surface area contributed by atoms with Gasteiger partial charge in [0, 0.05) is 43.3 Å². The normalized spacial score (nSPS) is 15.5. The van der Waals surface area contributed by atoms with Gasteiger partial charge < -0.3 is 9.80 Å². The largest absolute Gasteiger partial charge is 0.336 e. The second kappa shape index (κ2) is 6.61. The number of carbonyl (C=O) groups excluding carboxylic acids is 1. The first-order valence-corrected chi connectivity index (χ1v) is 8.49. The number of carbonyl (C=O) groups is 1. The Balaban J connectivity index is 1.63. The van der Waals surface area contributed by atoms with Gasteiger partial charge in [0.05, 0.1) is 5.52 Å². The molecular weight excluding hydrogens is 312 g/mol. The van der Waals surface area contributed by atoms with E-state index in [2.05, 4.69) is 28.0 Å². The fourth-order valence-electron chi connectivity index (χ4n) is 3.19. The molecule has 1 aromatic heterocycles. The van der Waals surface area contributed by atoms with Gasteiger partial charge in [0.2, 0.25) is 0 Å². The maximum atomic E-state index is 12.8. The lowest BCUT2D eigenvalue weighted by Crippen LogP contribution is -2.47. The summed E-state index contributed by atoms with van der Waals surface area (Å²) in [6.07, 6.45) is 3.36. The van der Waals surface area contributed by atoms with Gasteiger partial charge in [0.15, 0.2) is 0 Å². The molecule has 126 valence electrons. The molecule has 0 aliphatic carbocycles. The third kappa shape index (κ3) is 3.23. The van der Waals surface area contributed by atoms with Crippen LogP contribution in [-0.4, -0.2) is 58.9 Å². The summed E-state index contributed by atoms with van der Waals surface area (Å²) < 4.78 is 0. The Morgan fingerprint density at radius 1 is 1.00 bits per heavy atom. The summed E-state index contributed by atoms with van der Waals surface area (Å²) in [6, 6.07) is 13.9. The van der Waals surface area contributed by atoms with Crippen LogP contribution in [0, 0.1) is 0 Å². The molecule has 0 saturated carbocycles. The van der Waals surface area contributed by atoms with E-state index in [-0.39, 0.29) is 5.91 Å². The van der Waals surface area contributed by atoms with Crippen molar-refractivity contribution in [1.29, 1.82) is 0 Å². The maximum absolute atomic E-state index is 12.8. The van der Waals surface area contributed by atoms with Crippen LogP contribution in [0.15, 0.2) is 55.0 Å². The van der Waals surface area contributed by atoms with E-state index in [1.807, 2.05) is 47.5 Å². The molecule has 0 unspecified atom stereocenters. The van der Waals surface area contributed by atoms with Crippen LogP contribution < -0.4 is 0 Å². The van der Waals surface area contributed by atoms with Crippen LogP contribution >= 0.6 is 0 Å². The molecule has 0 bridgehead atoms. The zero-order valence-electron chi connectivity index (χ0n) is 14.2. The molecule has 1 saturated heterocycles. The molecular formula is C20H20N4O. The highest BCUT2D eigenvalue weighted by molar-refractivity contribution is 5.96. The molecule has 0 atom stereocenters. The molecule has 1 aliphatic rings. The number of aromatic nitrogens is 2. The van der Waals surface area contributed by atoms with Crippen molar-refractivity contribution >= 4 is 16.8 Å². The molecule has 2 heterocycles. The van der Waals surface area contributed by atoms with E-state index in [9.17, 15) is 4.79 Å². The molecule has 0 radical (unpaired) electrons. The molecule has 5 heteroatoms.